The summed E-state index contributed by atoms with van der Waals surface area (Å²) >= 11 is 0. The first kappa shape index (κ1) is 18.3. The predicted molar refractivity (Wildman–Crippen MR) is 103 cm³/mol. The Kier molecular flexibility index (Phi) is 7.74. The van der Waals surface area contributed by atoms with Gasteiger partial charge in [-0.3, -0.25) is 4.99 Å². The van der Waals surface area contributed by atoms with Gasteiger partial charge in [-0.25, -0.2) is 4.98 Å². The van der Waals surface area contributed by atoms with Crippen LogP contribution in [0.15, 0.2) is 29.3 Å². The van der Waals surface area contributed by atoms with Crippen LogP contribution in [0, 0.1) is 19.3 Å². The molecule has 0 saturated heterocycles. The van der Waals surface area contributed by atoms with E-state index in [1.807, 2.05) is 25.1 Å². The number of nitrogens with zero attached hydrogens (tertiary/aromatic N) is 3. The van der Waals surface area contributed by atoms with E-state index in [9.17, 15) is 0 Å². The van der Waals surface area contributed by atoms with Crippen LogP contribution in [0.5, 0.6) is 0 Å². The zero-order valence-corrected chi connectivity index (χ0v) is 15.3. The molecule has 1 aromatic carbocycles. The highest BCUT2D eigenvalue weighted by molar-refractivity contribution is 14.0. The largest absolute Gasteiger partial charge is 0.356 e. The fourth-order valence-corrected chi connectivity index (χ4v) is 2.28. The molecule has 0 spiro atoms. The highest BCUT2D eigenvalue weighted by Crippen LogP contribution is 2.15. The Balaban J connectivity index is 0.00000242. The second-order valence-corrected chi connectivity index (χ2v) is 4.71. The molecule has 0 fully saturated rings. The van der Waals surface area contributed by atoms with Crippen LogP contribution >= 0.6 is 24.0 Å². The van der Waals surface area contributed by atoms with Gasteiger partial charge >= 0.3 is 0 Å². The zero-order valence-electron chi connectivity index (χ0n) is 13.0. The van der Waals surface area contributed by atoms with E-state index in [0.29, 0.717) is 6.54 Å². The summed E-state index contributed by atoms with van der Waals surface area (Å²) in [6, 6.07) is 8.21. The second kappa shape index (κ2) is 9.30. The Morgan fingerprint density at radius 1 is 1.36 bits per heavy atom. The number of aryl methyl sites for hydroxylation is 2. The Morgan fingerprint density at radius 2 is 2.14 bits per heavy atom. The van der Waals surface area contributed by atoms with E-state index in [1.165, 1.54) is 5.52 Å². The minimum absolute atomic E-state index is 0. The van der Waals surface area contributed by atoms with E-state index in [4.69, 9.17) is 6.42 Å². The molecular weight excluding hydrogens is 389 g/mol. The lowest BCUT2D eigenvalue weighted by Crippen LogP contribution is -2.38. The smallest absolute Gasteiger partial charge is 0.191 e. The molecule has 0 aliphatic heterocycles. The van der Waals surface area contributed by atoms with Gasteiger partial charge in [0.25, 0.3) is 0 Å². The van der Waals surface area contributed by atoms with Gasteiger partial charge in [0.15, 0.2) is 5.96 Å². The third-order valence-corrected chi connectivity index (χ3v) is 3.28. The topological polar surface area (TPSA) is 54.2 Å². The maximum atomic E-state index is 5.21. The number of terminal acetylenes is 1. The van der Waals surface area contributed by atoms with Crippen molar-refractivity contribution < 1.29 is 0 Å². The van der Waals surface area contributed by atoms with E-state index < -0.39 is 0 Å². The lowest BCUT2D eigenvalue weighted by atomic mass is 10.3. The SMILES string of the molecule is C#CCNC(=NC)NCCCn1c(C)nc2ccccc21.I. The molecule has 0 aliphatic carbocycles. The summed E-state index contributed by atoms with van der Waals surface area (Å²) in [5.41, 5.74) is 2.24. The molecule has 0 atom stereocenters. The lowest BCUT2D eigenvalue weighted by Gasteiger charge is -2.11. The van der Waals surface area contributed by atoms with E-state index in [1.54, 1.807) is 7.05 Å². The van der Waals surface area contributed by atoms with E-state index in [0.717, 1.165) is 36.8 Å². The standard InChI is InChI=1S/C16H21N5.HI/c1-4-10-18-16(17-3)19-11-7-12-21-13(2)20-14-8-5-6-9-15(14)21;/h1,5-6,8-9H,7,10-12H2,2-3H3,(H2,17,18,19);1H. The predicted octanol–water partition coefficient (Wildman–Crippen LogP) is 2.15. The number of halogens is 1. The Bertz CT molecular complexity index is 669. The van der Waals surface area contributed by atoms with Crippen molar-refractivity contribution in [1.82, 2.24) is 20.2 Å². The zero-order chi connectivity index (χ0) is 15.1. The van der Waals surface area contributed by atoms with Gasteiger partial charge in [0.05, 0.1) is 17.6 Å². The summed E-state index contributed by atoms with van der Waals surface area (Å²) in [4.78, 5) is 8.68. The lowest BCUT2D eigenvalue weighted by molar-refractivity contribution is 0.626. The van der Waals surface area contributed by atoms with Gasteiger partial charge in [-0.05, 0) is 25.5 Å². The van der Waals surface area contributed by atoms with Crippen LogP contribution in [-0.2, 0) is 6.54 Å². The second-order valence-electron chi connectivity index (χ2n) is 4.71. The molecule has 2 aromatic rings. The maximum Gasteiger partial charge on any atom is 0.191 e. The molecular formula is C16H22IN5. The van der Waals surface area contributed by atoms with Crippen molar-refractivity contribution >= 4 is 41.0 Å². The summed E-state index contributed by atoms with van der Waals surface area (Å²) in [5, 5.41) is 6.28. The molecule has 22 heavy (non-hydrogen) atoms. The van der Waals surface area contributed by atoms with Crippen LogP contribution in [0.4, 0.5) is 0 Å². The summed E-state index contributed by atoms with van der Waals surface area (Å²) < 4.78 is 2.24. The molecule has 118 valence electrons. The maximum absolute atomic E-state index is 5.21. The van der Waals surface area contributed by atoms with Gasteiger partial charge in [-0.15, -0.1) is 30.4 Å². The normalized spacial score (nSPS) is 10.9. The van der Waals surface area contributed by atoms with Gasteiger partial charge in [0, 0.05) is 20.1 Å². The van der Waals surface area contributed by atoms with Gasteiger partial charge in [0.1, 0.15) is 5.82 Å². The summed E-state index contributed by atoms with van der Waals surface area (Å²) in [6.45, 7) is 4.27. The van der Waals surface area contributed by atoms with Gasteiger partial charge < -0.3 is 15.2 Å². The molecule has 0 unspecified atom stereocenters. The first-order valence-electron chi connectivity index (χ1n) is 7.06. The number of aliphatic imine (C=N–C) groups is 1. The van der Waals surface area contributed by atoms with Crippen LogP contribution in [0.1, 0.15) is 12.2 Å². The number of aromatic nitrogens is 2. The van der Waals surface area contributed by atoms with Crippen molar-refractivity contribution in [2.24, 2.45) is 4.99 Å². The Morgan fingerprint density at radius 3 is 2.86 bits per heavy atom. The van der Waals surface area contributed by atoms with Crippen LogP contribution in [0.2, 0.25) is 0 Å². The fraction of sp³-hybridized carbons (Fsp3) is 0.375. The average molecular weight is 411 g/mol. The first-order valence-corrected chi connectivity index (χ1v) is 7.06. The number of guanidine groups is 1. The minimum atomic E-state index is 0. The molecule has 2 rings (SSSR count). The molecule has 2 N–H and O–H groups in total. The number of fused-ring (bicyclic) bond motifs is 1. The minimum Gasteiger partial charge on any atom is -0.356 e. The Hall–Kier alpha value is -1.75. The van der Waals surface area contributed by atoms with Crippen molar-refractivity contribution in [2.45, 2.75) is 19.9 Å². The molecule has 0 amide bonds. The van der Waals surface area contributed by atoms with Crippen LogP contribution in [-0.4, -0.2) is 35.6 Å². The third-order valence-electron chi connectivity index (χ3n) is 3.28. The average Bonchev–Trinajstić information content (AvgIpc) is 2.82. The molecule has 5 nitrogen and oxygen atoms in total. The van der Waals surface area contributed by atoms with Crippen molar-refractivity contribution in [2.75, 3.05) is 20.1 Å². The molecule has 6 heteroatoms. The van der Waals surface area contributed by atoms with Gasteiger partial charge in [0.2, 0.25) is 0 Å². The van der Waals surface area contributed by atoms with Gasteiger partial charge in [-0.1, -0.05) is 18.1 Å². The van der Waals surface area contributed by atoms with E-state index in [-0.39, 0.29) is 24.0 Å². The molecule has 0 radical (unpaired) electrons. The summed E-state index contributed by atoms with van der Waals surface area (Å²) in [6.07, 6.45) is 6.20. The first-order chi connectivity index (χ1) is 10.3. The van der Waals surface area contributed by atoms with Crippen LogP contribution in [0.3, 0.4) is 0 Å². The number of nitrogens with one attached hydrogen (secondary N) is 2. The monoisotopic (exact) mass is 411 g/mol. The van der Waals surface area contributed by atoms with Crippen molar-refractivity contribution in [3.05, 3.63) is 30.1 Å². The number of rotatable bonds is 5. The van der Waals surface area contributed by atoms with Crippen molar-refractivity contribution in [3.8, 4) is 12.3 Å². The molecule has 0 aliphatic rings. The van der Waals surface area contributed by atoms with Crippen molar-refractivity contribution in [3.63, 3.8) is 0 Å². The summed E-state index contributed by atoms with van der Waals surface area (Å²) in [5.74, 6) is 4.31. The molecule has 0 saturated carbocycles. The third kappa shape index (κ3) is 4.63. The number of benzene rings is 1. The van der Waals surface area contributed by atoms with E-state index in [2.05, 4.69) is 37.2 Å². The number of imidazole rings is 1. The number of hydrogen-bond donors (Lipinski definition) is 2. The molecule has 0 bridgehead atoms. The molecule has 1 aromatic heterocycles. The highest BCUT2D eigenvalue weighted by Gasteiger charge is 2.05. The fourth-order valence-electron chi connectivity index (χ4n) is 2.28. The van der Waals surface area contributed by atoms with E-state index >= 15 is 0 Å². The van der Waals surface area contributed by atoms with Gasteiger partial charge in [-0.2, -0.15) is 0 Å². The quantitative estimate of drug-likeness (QED) is 0.261. The number of para-hydroxylation sites is 2. The molecule has 1 heterocycles. The highest BCUT2D eigenvalue weighted by atomic mass is 127. The summed E-state index contributed by atoms with van der Waals surface area (Å²) in [7, 11) is 1.74. The van der Waals surface area contributed by atoms with Crippen molar-refractivity contribution in [1.29, 1.82) is 0 Å². The van der Waals surface area contributed by atoms with Crippen LogP contribution in [0.25, 0.3) is 11.0 Å². The Labute approximate surface area is 148 Å². The van der Waals surface area contributed by atoms with Crippen LogP contribution < -0.4 is 10.6 Å². The number of hydrogen-bond acceptors (Lipinski definition) is 2.